The van der Waals surface area contributed by atoms with Crippen LogP contribution in [0, 0.1) is 6.92 Å². The Morgan fingerprint density at radius 1 is 1.25 bits per heavy atom. The van der Waals surface area contributed by atoms with E-state index in [1.54, 1.807) is 56.4 Å². The molecular weight excluding hydrogens is 362 g/mol. The summed E-state index contributed by atoms with van der Waals surface area (Å²) >= 11 is 0. The number of rotatable bonds is 5. The van der Waals surface area contributed by atoms with Crippen molar-refractivity contribution >= 4 is 22.6 Å². The van der Waals surface area contributed by atoms with Crippen molar-refractivity contribution in [3.05, 3.63) is 70.2 Å². The lowest BCUT2D eigenvalue weighted by molar-refractivity contribution is 0.102. The second kappa shape index (κ2) is 7.03. The molecule has 0 saturated carbocycles. The van der Waals surface area contributed by atoms with Crippen molar-refractivity contribution in [3.63, 3.8) is 0 Å². The predicted octanol–water partition coefficient (Wildman–Crippen LogP) is 2.39. The number of fused-ring (bicyclic) bond motifs is 1. The summed E-state index contributed by atoms with van der Waals surface area (Å²) in [6.45, 7) is 1.90. The van der Waals surface area contributed by atoms with Gasteiger partial charge in [0.15, 0.2) is 6.61 Å². The minimum Gasteiger partial charge on any atom is -0.485 e. The van der Waals surface area contributed by atoms with Crippen molar-refractivity contribution in [3.8, 4) is 5.75 Å². The second-order valence-corrected chi connectivity index (χ2v) is 6.22. The van der Waals surface area contributed by atoms with Crippen LogP contribution in [0.2, 0.25) is 0 Å². The van der Waals surface area contributed by atoms with Gasteiger partial charge in [-0.2, -0.15) is 4.98 Å². The standard InChI is InChI=1S/C19H17N5O4/c1-11-20-17(23-28-11)10-27-14-6-4-13(5-7-14)21-18(25)12-3-8-16-15(9-12)22-19(26)24(16)2/h3-9H,10H2,1-2H3,(H,21,25)(H,22,26). The van der Waals surface area contributed by atoms with Gasteiger partial charge >= 0.3 is 5.69 Å². The summed E-state index contributed by atoms with van der Waals surface area (Å²) in [4.78, 5) is 30.9. The molecular formula is C19H17N5O4. The highest BCUT2D eigenvalue weighted by molar-refractivity contribution is 6.05. The quantitative estimate of drug-likeness (QED) is 0.550. The fourth-order valence-corrected chi connectivity index (χ4v) is 2.76. The Kier molecular flexibility index (Phi) is 4.40. The number of carbonyl (C=O) groups is 1. The van der Waals surface area contributed by atoms with Crippen molar-refractivity contribution in [1.29, 1.82) is 0 Å². The number of ether oxygens (including phenoxy) is 1. The van der Waals surface area contributed by atoms with Crippen LogP contribution in [0.1, 0.15) is 22.1 Å². The van der Waals surface area contributed by atoms with E-state index < -0.39 is 0 Å². The van der Waals surface area contributed by atoms with Gasteiger partial charge in [-0.15, -0.1) is 0 Å². The number of hydrogen-bond acceptors (Lipinski definition) is 6. The van der Waals surface area contributed by atoms with Crippen molar-refractivity contribution in [2.24, 2.45) is 7.05 Å². The lowest BCUT2D eigenvalue weighted by Crippen LogP contribution is -2.12. The molecule has 28 heavy (non-hydrogen) atoms. The van der Waals surface area contributed by atoms with Crippen LogP contribution in [-0.2, 0) is 13.7 Å². The first-order chi connectivity index (χ1) is 13.5. The SMILES string of the molecule is Cc1nc(COc2ccc(NC(=O)c3ccc4c(c3)[nH]c(=O)n4C)cc2)no1. The van der Waals surface area contributed by atoms with E-state index in [9.17, 15) is 9.59 Å². The van der Waals surface area contributed by atoms with E-state index in [-0.39, 0.29) is 18.2 Å². The average Bonchev–Trinajstić information content (AvgIpc) is 3.23. The number of nitrogens with one attached hydrogen (secondary N) is 2. The van der Waals surface area contributed by atoms with Gasteiger partial charge < -0.3 is 19.6 Å². The van der Waals surface area contributed by atoms with Gasteiger partial charge in [0.25, 0.3) is 5.91 Å². The number of aromatic nitrogens is 4. The smallest absolute Gasteiger partial charge is 0.326 e. The molecule has 0 atom stereocenters. The molecule has 4 aromatic rings. The minimum absolute atomic E-state index is 0.193. The van der Waals surface area contributed by atoms with Crippen LogP contribution in [0.3, 0.4) is 0 Å². The first-order valence-corrected chi connectivity index (χ1v) is 8.52. The van der Waals surface area contributed by atoms with E-state index >= 15 is 0 Å². The monoisotopic (exact) mass is 379 g/mol. The van der Waals surface area contributed by atoms with Crippen molar-refractivity contribution in [1.82, 2.24) is 19.7 Å². The molecule has 2 aromatic heterocycles. The molecule has 9 nitrogen and oxygen atoms in total. The van der Waals surface area contributed by atoms with Gasteiger partial charge in [0.1, 0.15) is 5.75 Å². The van der Waals surface area contributed by atoms with Crippen molar-refractivity contribution in [2.45, 2.75) is 13.5 Å². The number of benzene rings is 2. The maximum Gasteiger partial charge on any atom is 0.326 e. The second-order valence-electron chi connectivity index (χ2n) is 6.22. The molecule has 0 bridgehead atoms. The van der Waals surface area contributed by atoms with Crippen LogP contribution in [0.4, 0.5) is 5.69 Å². The fourth-order valence-electron chi connectivity index (χ4n) is 2.76. The lowest BCUT2D eigenvalue weighted by atomic mass is 10.2. The number of carbonyl (C=O) groups excluding carboxylic acids is 1. The van der Waals surface area contributed by atoms with Crippen LogP contribution < -0.4 is 15.7 Å². The molecule has 0 aliphatic rings. The van der Waals surface area contributed by atoms with Gasteiger partial charge in [0.2, 0.25) is 11.7 Å². The highest BCUT2D eigenvalue weighted by Crippen LogP contribution is 2.18. The summed E-state index contributed by atoms with van der Waals surface area (Å²) in [5.41, 5.74) is 2.19. The van der Waals surface area contributed by atoms with Gasteiger partial charge in [-0.05, 0) is 42.5 Å². The predicted molar refractivity (Wildman–Crippen MR) is 101 cm³/mol. The van der Waals surface area contributed by atoms with Crippen molar-refractivity contribution < 1.29 is 14.1 Å². The summed E-state index contributed by atoms with van der Waals surface area (Å²) < 4.78 is 12.0. The van der Waals surface area contributed by atoms with Gasteiger partial charge in [-0.1, -0.05) is 5.16 Å². The number of aryl methyl sites for hydroxylation is 2. The largest absolute Gasteiger partial charge is 0.485 e. The van der Waals surface area contributed by atoms with Gasteiger partial charge in [0.05, 0.1) is 11.0 Å². The normalized spacial score (nSPS) is 10.9. The third-order valence-corrected chi connectivity index (χ3v) is 4.22. The zero-order chi connectivity index (χ0) is 19.7. The molecule has 0 radical (unpaired) electrons. The first kappa shape index (κ1) is 17.5. The molecule has 4 rings (SSSR count). The zero-order valence-electron chi connectivity index (χ0n) is 15.2. The number of aromatic amines is 1. The molecule has 0 fully saturated rings. The van der Waals surface area contributed by atoms with Gasteiger partial charge in [-0.3, -0.25) is 9.36 Å². The molecule has 0 unspecified atom stereocenters. The third-order valence-electron chi connectivity index (χ3n) is 4.22. The number of hydrogen-bond donors (Lipinski definition) is 2. The van der Waals surface area contributed by atoms with Crippen LogP contribution in [-0.4, -0.2) is 25.6 Å². The minimum atomic E-state index is -0.275. The Hall–Kier alpha value is -3.88. The van der Waals surface area contributed by atoms with Crippen LogP contribution in [0.5, 0.6) is 5.75 Å². The van der Waals surface area contributed by atoms with E-state index in [1.165, 1.54) is 4.57 Å². The Labute approximate surface area is 158 Å². The van der Waals surface area contributed by atoms with E-state index in [2.05, 4.69) is 20.4 Å². The molecule has 9 heteroatoms. The Bertz CT molecular complexity index is 1200. The maximum absolute atomic E-state index is 12.5. The number of amides is 1. The van der Waals surface area contributed by atoms with Crippen LogP contribution in [0.25, 0.3) is 11.0 Å². The molecule has 0 aliphatic heterocycles. The zero-order valence-corrected chi connectivity index (χ0v) is 15.2. The lowest BCUT2D eigenvalue weighted by Gasteiger charge is -2.07. The highest BCUT2D eigenvalue weighted by Gasteiger charge is 2.10. The van der Waals surface area contributed by atoms with E-state index in [0.29, 0.717) is 34.2 Å². The van der Waals surface area contributed by atoms with Crippen LogP contribution >= 0.6 is 0 Å². The molecule has 1 amide bonds. The molecule has 142 valence electrons. The molecule has 0 saturated heterocycles. The van der Waals surface area contributed by atoms with Gasteiger partial charge in [0, 0.05) is 25.2 Å². The fraction of sp³-hybridized carbons (Fsp3) is 0.158. The Morgan fingerprint density at radius 3 is 2.75 bits per heavy atom. The van der Waals surface area contributed by atoms with Gasteiger partial charge in [-0.25, -0.2) is 4.79 Å². The topological polar surface area (TPSA) is 115 Å². The molecule has 2 N–H and O–H groups in total. The van der Waals surface area contributed by atoms with E-state index in [1.807, 2.05) is 0 Å². The highest BCUT2D eigenvalue weighted by atomic mass is 16.5. The first-order valence-electron chi connectivity index (χ1n) is 8.52. The van der Waals surface area contributed by atoms with E-state index in [4.69, 9.17) is 9.26 Å². The third kappa shape index (κ3) is 3.50. The van der Waals surface area contributed by atoms with Crippen LogP contribution in [0.15, 0.2) is 51.8 Å². The summed E-state index contributed by atoms with van der Waals surface area (Å²) in [6.07, 6.45) is 0. The Morgan fingerprint density at radius 2 is 2.04 bits per heavy atom. The Balaban J connectivity index is 1.42. The van der Waals surface area contributed by atoms with E-state index in [0.717, 1.165) is 5.52 Å². The maximum atomic E-state index is 12.5. The number of H-pyrrole nitrogens is 1. The number of nitrogens with zero attached hydrogens (tertiary/aromatic N) is 3. The summed E-state index contributed by atoms with van der Waals surface area (Å²) in [5.74, 6) is 1.28. The molecule has 0 aliphatic carbocycles. The summed E-state index contributed by atoms with van der Waals surface area (Å²) in [6, 6.07) is 12.0. The average molecular weight is 379 g/mol. The molecule has 0 spiro atoms. The number of imidazole rings is 1. The van der Waals surface area contributed by atoms with Crippen molar-refractivity contribution in [2.75, 3.05) is 5.32 Å². The summed E-state index contributed by atoms with van der Waals surface area (Å²) in [7, 11) is 1.67. The molecule has 2 heterocycles. The summed E-state index contributed by atoms with van der Waals surface area (Å²) in [5, 5.41) is 6.57. The number of anilines is 1. The molecule has 2 aromatic carbocycles.